The maximum absolute atomic E-state index is 13.7. The molecule has 2 aliphatic rings. The summed E-state index contributed by atoms with van der Waals surface area (Å²) in [6, 6.07) is 5.83. The van der Waals surface area contributed by atoms with Crippen molar-refractivity contribution in [2.75, 3.05) is 0 Å². The van der Waals surface area contributed by atoms with Crippen LogP contribution in [0.25, 0.3) is 0 Å². The van der Waals surface area contributed by atoms with Gasteiger partial charge in [0.25, 0.3) is 0 Å². The standard InChI is InChI=1S/C20H27F/c1-14-3-6-16(7-4-14)17-9-11-18(12-10-17)19-8-5-15(2)20(21)13-19/h5,8,13,16,18H,3-4,6-7,9-12H2,1-2H3. The molecule has 0 unspecified atom stereocenters. The van der Waals surface area contributed by atoms with E-state index in [0.29, 0.717) is 5.92 Å². The highest BCUT2D eigenvalue weighted by atomic mass is 19.1. The highest BCUT2D eigenvalue weighted by Gasteiger charge is 2.30. The zero-order valence-corrected chi connectivity index (χ0v) is 13.4. The molecule has 2 aliphatic carbocycles. The number of rotatable bonds is 2. The van der Waals surface area contributed by atoms with Crippen LogP contribution in [0.1, 0.15) is 75.3 Å². The van der Waals surface area contributed by atoms with Crippen LogP contribution in [0, 0.1) is 30.5 Å². The minimum atomic E-state index is -0.0411. The number of aryl methyl sites for hydroxylation is 1. The van der Waals surface area contributed by atoms with Crippen molar-refractivity contribution in [3.63, 3.8) is 0 Å². The molecule has 0 N–H and O–H groups in total. The fourth-order valence-corrected chi connectivity index (χ4v) is 4.11. The molecule has 1 aromatic rings. The van der Waals surface area contributed by atoms with Gasteiger partial charge >= 0.3 is 0 Å². The molecule has 0 saturated heterocycles. The Balaban J connectivity index is 1.56. The average Bonchev–Trinajstić information content (AvgIpc) is 2.51. The highest BCUT2D eigenvalue weighted by Crippen LogP contribution is 2.45. The largest absolute Gasteiger partial charge is 0.207 e. The first-order valence-electron chi connectivity index (χ1n) is 8.55. The Morgan fingerprint density at radius 1 is 0.857 bits per heavy atom. The van der Waals surface area contributed by atoms with E-state index in [1.165, 1.54) is 56.9 Å². The summed E-state index contributed by atoms with van der Waals surface area (Å²) in [6.07, 6.45) is 10.4. The molecule has 0 amide bonds. The first-order valence-corrected chi connectivity index (χ1v) is 8.55. The summed E-state index contributed by atoms with van der Waals surface area (Å²) in [6.45, 7) is 4.15. The molecule has 2 saturated carbocycles. The van der Waals surface area contributed by atoms with E-state index in [2.05, 4.69) is 13.0 Å². The molecule has 2 radical (unpaired) electrons. The minimum absolute atomic E-state index is 0.0411. The summed E-state index contributed by atoms with van der Waals surface area (Å²) in [5, 5.41) is 0. The van der Waals surface area contributed by atoms with Crippen molar-refractivity contribution >= 4 is 0 Å². The number of halogens is 1. The maximum atomic E-state index is 13.7. The van der Waals surface area contributed by atoms with Gasteiger partial charge in [-0.1, -0.05) is 19.1 Å². The van der Waals surface area contributed by atoms with Gasteiger partial charge in [0.1, 0.15) is 5.82 Å². The van der Waals surface area contributed by atoms with E-state index in [0.717, 1.165) is 11.5 Å². The second kappa shape index (κ2) is 6.50. The lowest BCUT2D eigenvalue weighted by molar-refractivity contribution is 0.324. The van der Waals surface area contributed by atoms with Gasteiger partial charge in [-0.25, -0.2) is 4.39 Å². The monoisotopic (exact) mass is 286 g/mol. The predicted octanol–water partition coefficient (Wildman–Crippen LogP) is 6.15. The Morgan fingerprint density at radius 3 is 2.10 bits per heavy atom. The minimum Gasteiger partial charge on any atom is -0.207 e. The molecule has 21 heavy (non-hydrogen) atoms. The first-order chi connectivity index (χ1) is 10.1. The average molecular weight is 286 g/mol. The summed E-state index contributed by atoms with van der Waals surface area (Å²) in [5.41, 5.74) is 1.97. The lowest BCUT2D eigenvalue weighted by atomic mass is 9.68. The molecule has 0 aromatic heterocycles. The van der Waals surface area contributed by atoms with Gasteiger partial charge in [-0.05, 0) is 99.2 Å². The molecule has 114 valence electrons. The van der Waals surface area contributed by atoms with Crippen LogP contribution < -0.4 is 0 Å². The summed E-state index contributed by atoms with van der Waals surface area (Å²) in [4.78, 5) is 0. The Bertz CT molecular complexity index is 463. The number of benzene rings is 1. The third-order valence-electron chi connectivity index (χ3n) is 5.71. The van der Waals surface area contributed by atoms with Gasteiger partial charge in [0.15, 0.2) is 0 Å². The smallest absolute Gasteiger partial charge is 0.126 e. The van der Waals surface area contributed by atoms with Gasteiger partial charge in [-0.15, -0.1) is 0 Å². The summed E-state index contributed by atoms with van der Waals surface area (Å²) >= 11 is 0. The summed E-state index contributed by atoms with van der Waals surface area (Å²) in [5.74, 6) is 4.91. The van der Waals surface area contributed by atoms with Gasteiger partial charge < -0.3 is 0 Å². The van der Waals surface area contributed by atoms with E-state index in [-0.39, 0.29) is 5.82 Å². The van der Waals surface area contributed by atoms with Crippen LogP contribution in [0.4, 0.5) is 4.39 Å². The first kappa shape index (κ1) is 15.1. The molecule has 1 aromatic carbocycles. The Hall–Kier alpha value is -0.850. The summed E-state index contributed by atoms with van der Waals surface area (Å²) < 4.78 is 13.7. The molecule has 2 fully saturated rings. The van der Waals surface area contributed by atoms with Gasteiger partial charge in [-0.3, -0.25) is 0 Å². The van der Waals surface area contributed by atoms with Crippen LogP contribution >= 0.6 is 0 Å². The second-order valence-corrected chi connectivity index (χ2v) is 7.17. The highest BCUT2D eigenvalue weighted by molar-refractivity contribution is 5.27. The van der Waals surface area contributed by atoms with E-state index < -0.39 is 0 Å². The predicted molar refractivity (Wildman–Crippen MR) is 86.5 cm³/mol. The molecule has 1 heteroatoms. The molecule has 0 atom stereocenters. The normalized spacial score (nSPS) is 23.6. The Kier molecular flexibility index (Phi) is 4.66. The third-order valence-corrected chi connectivity index (χ3v) is 5.71. The fourth-order valence-electron chi connectivity index (χ4n) is 4.11. The molecule has 0 bridgehead atoms. The zero-order chi connectivity index (χ0) is 14.8. The Morgan fingerprint density at radius 2 is 1.48 bits per heavy atom. The fraction of sp³-hybridized carbons (Fsp3) is 0.600. The van der Waals surface area contributed by atoms with E-state index in [1.54, 1.807) is 12.0 Å². The molecule has 0 spiro atoms. The van der Waals surface area contributed by atoms with E-state index >= 15 is 0 Å². The van der Waals surface area contributed by atoms with Crippen LogP contribution in [0.3, 0.4) is 0 Å². The van der Waals surface area contributed by atoms with E-state index in [1.807, 2.05) is 18.9 Å². The van der Waals surface area contributed by atoms with Crippen molar-refractivity contribution < 1.29 is 4.39 Å². The SMILES string of the molecule is C[C]1CCC([C]2CCC(c3ccc(C)c(F)c3)CC2)CC1. The van der Waals surface area contributed by atoms with Crippen molar-refractivity contribution in [1.82, 2.24) is 0 Å². The van der Waals surface area contributed by atoms with Crippen LogP contribution in [0.15, 0.2) is 18.2 Å². The lowest BCUT2D eigenvalue weighted by Gasteiger charge is -2.37. The van der Waals surface area contributed by atoms with Crippen molar-refractivity contribution in [3.8, 4) is 0 Å². The number of hydrogen-bond acceptors (Lipinski definition) is 0. The molecule has 3 rings (SSSR count). The van der Waals surface area contributed by atoms with Crippen LogP contribution in [-0.4, -0.2) is 0 Å². The van der Waals surface area contributed by atoms with E-state index in [9.17, 15) is 4.39 Å². The van der Waals surface area contributed by atoms with Crippen molar-refractivity contribution in [3.05, 3.63) is 47.0 Å². The van der Waals surface area contributed by atoms with Crippen molar-refractivity contribution in [1.29, 1.82) is 0 Å². The molecular formula is C20H27F. The molecule has 0 heterocycles. The Labute approximate surface area is 129 Å². The third kappa shape index (κ3) is 3.49. The van der Waals surface area contributed by atoms with Crippen molar-refractivity contribution in [2.24, 2.45) is 5.92 Å². The van der Waals surface area contributed by atoms with Crippen LogP contribution in [0.2, 0.25) is 0 Å². The van der Waals surface area contributed by atoms with Crippen LogP contribution in [-0.2, 0) is 0 Å². The van der Waals surface area contributed by atoms with Gasteiger partial charge in [-0.2, -0.15) is 0 Å². The zero-order valence-electron chi connectivity index (χ0n) is 13.4. The van der Waals surface area contributed by atoms with Gasteiger partial charge in [0.05, 0.1) is 0 Å². The topological polar surface area (TPSA) is 0 Å². The van der Waals surface area contributed by atoms with Crippen molar-refractivity contribution in [2.45, 2.75) is 71.1 Å². The van der Waals surface area contributed by atoms with Crippen LogP contribution in [0.5, 0.6) is 0 Å². The lowest BCUT2D eigenvalue weighted by Crippen LogP contribution is -2.22. The molecular weight excluding hydrogens is 259 g/mol. The van der Waals surface area contributed by atoms with E-state index in [4.69, 9.17) is 0 Å². The van der Waals surface area contributed by atoms with Gasteiger partial charge in [0, 0.05) is 0 Å². The van der Waals surface area contributed by atoms with Gasteiger partial charge in [0.2, 0.25) is 0 Å². The maximum Gasteiger partial charge on any atom is 0.126 e. The quantitative estimate of drug-likeness (QED) is 0.611. The summed E-state index contributed by atoms with van der Waals surface area (Å²) in [7, 11) is 0. The second-order valence-electron chi connectivity index (χ2n) is 7.17. The molecule has 0 nitrogen and oxygen atoms in total. The molecule has 0 aliphatic heterocycles. The number of hydrogen-bond donors (Lipinski definition) is 0.